The van der Waals surface area contributed by atoms with Crippen molar-refractivity contribution in [2.24, 2.45) is 0 Å². The molecule has 0 aliphatic rings. The Morgan fingerprint density at radius 2 is 1.92 bits per heavy atom. The molecule has 2 rings (SSSR count). The van der Waals surface area contributed by atoms with E-state index in [1.807, 2.05) is 0 Å². The van der Waals surface area contributed by atoms with Crippen LogP contribution in [0.15, 0.2) is 4.60 Å². The van der Waals surface area contributed by atoms with E-state index in [1.165, 1.54) is 0 Å². The average Bonchev–Trinajstić information content (AvgIpc) is 2.33. The number of hydrogen-bond donors (Lipinski definition) is 1. The molecule has 2 heterocycles. The normalized spacial score (nSPS) is 10.9. The van der Waals surface area contributed by atoms with Gasteiger partial charge in [0.2, 0.25) is 5.28 Å². The molecule has 0 bridgehead atoms. The number of aromatic nitrogens is 4. The maximum Gasteiger partial charge on any atom is 0.224 e. The SMILES string of the molecule is Clc1nc(Cl)c2n[nH]c(Br)c2n1. The van der Waals surface area contributed by atoms with E-state index in [9.17, 15) is 0 Å². The van der Waals surface area contributed by atoms with Crippen LogP contribution in [0.5, 0.6) is 0 Å². The molecule has 0 atom stereocenters. The largest absolute Gasteiger partial charge is 0.268 e. The second kappa shape index (κ2) is 2.83. The molecule has 2 aromatic heterocycles. The Labute approximate surface area is 85.4 Å². The van der Waals surface area contributed by atoms with Crippen LogP contribution >= 0.6 is 39.1 Å². The van der Waals surface area contributed by atoms with Crippen molar-refractivity contribution in [3.63, 3.8) is 0 Å². The summed E-state index contributed by atoms with van der Waals surface area (Å²) in [6.07, 6.45) is 0. The summed E-state index contributed by atoms with van der Waals surface area (Å²) in [5, 5.41) is 6.89. The minimum Gasteiger partial charge on any atom is -0.268 e. The monoisotopic (exact) mass is 266 g/mol. The number of hydrogen-bond acceptors (Lipinski definition) is 3. The van der Waals surface area contributed by atoms with Crippen LogP contribution < -0.4 is 0 Å². The summed E-state index contributed by atoms with van der Waals surface area (Å²) in [6, 6.07) is 0. The van der Waals surface area contributed by atoms with Crippen LogP contribution in [0.25, 0.3) is 11.0 Å². The van der Waals surface area contributed by atoms with E-state index in [1.54, 1.807) is 0 Å². The third-order valence-corrected chi connectivity index (χ3v) is 2.27. The maximum absolute atomic E-state index is 5.74. The van der Waals surface area contributed by atoms with Crippen LogP contribution in [0.3, 0.4) is 0 Å². The fourth-order valence-electron chi connectivity index (χ4n) is 0.812. The molecule has 7 heteroatoms. The molecular formula is C5HBrCl2N4. The van der Waals surface area contributed by atoms with Gasteiger partial charge in [0.15, 0.2) is 5.15 Å². The minimum absolute atomic E-state index is 0.106. The Morgan fingerprint density at radius 1 is 1.17 bits per heavy atom. The van der Waals surface area contributed by atoms with Gasteiger partial charge in [-0.1, -0.05) is 11.6 Å². The average molecular weight is 268 g/mol. The molecule has 0 saturated heterocycles. The van der Waals surface area contributed by atoms with Crippen molar-refractivity contribution < 1.29 is 0 Å². The molecule has 1 N–H and O–H groups in total. The van der Waals surface area contributed by atoms with Crippen LogP contribution in [-0.4, -0.2) is 20.2 Å². The predicted molar refractivity (Wildman–Crippen MR) is 49.4 cm³/mol. The van der Waals surface area contributed by atoms with E-state index >= 15 is 0 Å². The Hall–Kier alpha value is -0.390. The van der Waals surface area contributed by atoms with Gasteiger partial charge in [0.25, 0.3) is 0 Å². The predicted octanol–water partition coefficient (Wildman–Crippen LogP) is 2.42. The van der Waals surface area contributed by atoms with Crippen molar-refractivity contribution in [1.29, 1.82) is 0 Å². The molecule has 12 heavy (non-hydrogen) atoms. The van der Waals surface area contributed by atoms with Crippen LogP contribution in [0, 0.1) is 0 Å². The zero-order valence-corrected chi connectivity index (χ0v) is 8.57. The molecule has 0 aliphatic carbocycles. The third-order valence-electron chi connectivity index (χ3n) is 1.29. The van der Waals surface area contributed by atoms with Crippen LogP contribution in [-0.2, 0) is 0 Å². The van der Waals surface area contributed by atoms with Gasteiger partial charge in [-0.3, -0.25) is 5.10 Å². The zero-order chi connectivity index (χ0) is 8.72. The van der Waals surface area contributed by atoms with E-state index in [4.69, 9.17) is 23.2 Å². The minimum atomic E-state index is 0.106. The summed E-state index contributed by atoms with van der Waals surface area (Å²) < 4.78 is 0.642. The number of rotatable bonds is 0. The first kappa shape index (κ1) is 8.22. The number of nitrogens with one attached hydrogen (secondary N) is 1. The molecule has 0 aliphatic heterocycles. The van der Waals surface area contributed by atoms with Crippen molar-refractivity contribution in [2.45, 2.75) is 0 Å². The number of fused-ring (bicyclic) bond motifs is 1. The number of nitrogens with zero attached hydrogens (tertiary/aromatic N) is 3. The fourth-order valence-corrected chi connectivity index (χ4v) is 1.60. The first-order valence-electron chi connectivity index (χ1n) is 2.91. The number of aromatic amines is 1. The van der Waals surface area contributed by atoms with Crippen molar-refractivity contribution in [2.75, 3.05) is 0 Å². The Kier molecular flexibility index (Phi) is 1.94. The van der Waals surface area contributed by atoms with Gasteiger partial charge in [-0.2, -0.15) is 5.10 Å². The fraction of sp³-hybridized carbons (Fsp3) is 0. The molecule has 0 spiro atoms. The lowest BCUT2D eigenvalue weighted by Gasteiger charge is -1.91. The van der Waals surface area contributed by atoms with Gasteiger partial charge < -0.3 is 0 Å². The Bertz CT molecular complexity index is 440. The van der Waals surface area contributed by atoms with Gasteiger partial charge in [-0.05, 0) is 27.5 Å². The van der Waals surface area contributed by atoms with E-state index in [2.05, 4.69) is 36.1 Å². The van der Waals surface area contributed by atoms with Crippen molar-refractivity contribution in [3.8, 4) is 0 Å². The molecule has 0 saturated carbocycles. The molecule has 0 radical (unpaired) electrons. The highest BCUT2D eigenvalue weighted by Gasteiger charge is 2.10. The quantitative estimate of drug-likeness (QED) is 0.589. The summed E-state index contributed by atoms with van der Waals surface area (Å²) in [7, 11) is 0. The highest BCUT2D eigenvalue weighted by atomic mass is 79.9. The highest BCUT2D eigenvalue weighted by Crippen LogP contribution is 2.24. The van der Waals surface area contributed by atoms with E-state index in [-0.39, 0.29) is 10.4 Å². The topological polar surface area (TPSA) is 54.5 Å². The lowest BCUT2D eigenvalue weighted by Crippen LogP contribution is -1.84. The van der Waals surface area contributed by atoms with Gasteiger partial charge in [0, 0.05) is 0 Å². The molecular weight excluding hydrogens is 267 g/mol. The zero-order valence-electron chi connectivity index (χ0n) is 5.48. The molecule has 0 aromatic carbocycles. The third kappa shape index (κ3) is 1.18. The maximum atomic E-state index is 5.74. The Balaban J connectivity index is 2.92. The first-order valence-corrected chi connectivity index (χ1v) is 4.46. The summed E-state index contributed by atoms with van der Waals surface area (Å²) >= 11 is 14.5. The summed E-state index contributed by atoms with van der Waals surface area (Å²) in [6.45, 7) is 0. The van der Waals surface area contributed by atoms with E-state index < -0.39 is 0 Å². The van der Waals surface area contributed by atoms with E-state index in [0.717, 1.165) is 0 Å². The van der Waals surface area contributed by atoms with Crippen LogP contribution in [0.1, 0.15) is 0 Å². The number of H-pyrrole nitrogens is 1. The molecule has 0 amide bonds. The first-order chi connectivity index (χ1) is 5.68. The standard InChI is InChI=1S/C5HBrCl2N4/c6-3-1-2(11-12-3)4(7)10-5(8)9-1/h(H,11,12). The summed E-state index contributed by atoms with van der Waals surface area (Å²) in [4.78, 5) is 7.66. The molecule has 62 valence electrons. The lowest BCUT2D eigenvalue weighted by atomic mass is 10.5. The van der Waals surface area contributed by atoms with Crippen LogP contribution in [0.2, 0.25) is 10.4 Å². The second-order valence-corrected chi connectivity index (χ2v) is 3.51. The molecule has 0 unspecified atom stereocenters. The molecule has 4 nitrogen and oxygen atoms in total. The smallest absolute Gasteiger partial charge is 0.224 e. The van der Waals surface area contributed by atoms with Gasteiger partial charge in [0.05, 0.1) is 0 Å². The van der Waals surface area contributed by atoms with Crippen molar-refractivity contribution in [1.82, 2.24) is 20.2 Å². The second-order valence-electron chi connectivity index (χ2n) is 2.02. The summed E-state index contributed by atoms with van der Waals surface area (Å²) in [5.41, 5.74) is 1.09. The van der Waals surface area contributed by atoms with Crippen LogP contribution in [0.4, 0.5) is 0 Å². The lowest BCUT2D eigenvalue weighted by molar-refractivity contribution is 1.09. The molecule has 2 aromatic rings. The highest BCUT2D eigenvalue weighted by molar-refractivity contribution is 9.10. The number of halogens is 3. The van der Waals surface area contributed by atoms with Gasteiger partial charge in [-0.15, -0.1) is 0 Å². The van der Waals surface area contributed by atoms with Gasteiger partial charge in [0.1, 0.15) is 15.6 Å². The van der Waals surface area contributed by atoms with Crippen molar-refractivity contribution >= 4 is 50.2 Å². The van der Waals surface area contributed by atoms with Gasteiger partial charge in [-0.25, -0.2) is 9.97 Å². The van der Waals surface area contributed by atoms with Gasteiger partial charge >= 0.3 is 0 Å². The van der Waals surface area contributed by atoms with E-state index in [0.29, 0.717) is 15.6 Å². The summed E-state index contributed by atoms with van der Waals surface area (Å²) in [5.74, 6) is 0. The Morgan fingerprint density at radius 3 is 2.67 bits per heavy atom. The van der Waals surface area contributed by atoms with Crippen molar-refractivity contribution in [3.05, 3.63) is 15.0 Å². The molecule has 0 fully saturated rings.